The number of piperazine rings is 1. The number of carbonyl (C=O) groups is 1. The van der Waals surface area contributed by atoms with Crippen LogP contribution in [0.5, 0.6) is 0 Å². The van der Waals surface area contributed by atoms with Gasteiger partial charge in [0.1, 0.15) is 23.1 Å². The number of benzene rings is 1. The van der Waals surface area contributed by atoms with E-state index >= 15 is 0 Å². The van der Waals surface area contributed by atoms with Crippen LogP contribution in [0.15, 0.2) is 65.1 Å². The fraction of sp³-hybridized carbons (Fsp3) is 0.308. The Bertz CT molecular complexity index is 1300. The summed E-state index contributed by atoms with van der Waals surface area (Å²) in [7, 11) is 1.59. The number of hydrogen-bond donors (Lipinski definition) is 1. The number of methoxy groups -OCH3 is 1. The number of anilines is 2. The molecule has 0 radical (unpaired) electrons. The Morgan fingerprint density at radius 3 is 2.54 bits per heavy atom. The summed E-state index contributed by atoms with van der Waals surface area (Å²) in [4.78, 5) is 35.1. The maximum Gasteiger partial charge on any atom is 0.267 e. The second kappa shape index (κ2) is 11.3. The molecule has 0 spiro atoms. The van der Waals surface area contributed by atoms with Crippen LogP contribution >= 0.6 is 0 Å². The highest BCUT2D eigenvalue weighted by atomic mass is 16.5. The van der Waals surface area contributed by atoms with Gasteiger partial charge in [-0.1, -0.05) is 24.3 Å². The molecule has 9 nitrogen and oxygen atoms in total. The number of hydrogen-bond acceptors (Lipinski definition) is 7. The van der Waals surface area contributed by atoms with Crippen molar-refractivity contribution in [3.63, 3.8) is 0 Å². The molecule has 0 bridgehead atoms. The number of carbonyl (C=O) groups excluding carboxylic acids is 1. The van der Waals surface area contributed by atoms with E-state index < -0.39 is 5.91 Å². The molecule has 1 N–H and O–H groups in total. The average molecular weight is 473 g/mol. The summed E-state index contributed by atoms with van der Waals surface area (Å²) in [6, 6.07) is 17.5. The first-order valence-electron chi connectivity index (χ1n) is 11.6. The topological polar surface area (TPSA) is 103 Å². The van der Waals surface area contributed by atoms with Gasteiger partial charge in [-0.05, 0) is 36.8 Å². The molecule has 1 aliphatic rings. The first kappa shape index (κ1) is 24.0. The molecule has 0 unspecified atom stereocenters. The van der Waals surface area contributed by atoms with Crippen LogP contribution in [0, 0.1) is 11.3 Å². The maximum atomic E-state index is 13.4. The Hall–Kier alpha value is -4.16. The number of fused-ring (bicyclic) bond motifs is 1. The lowest BCUT2D eigenvalue weighted by Crippen LogP contribution is -2.47. The number of ether oxygens (including phenoxy) is 1. The first-order valence-corrected chi connectivity index (χ1v) is 11.6. The van der Waals surface area contributed by atoms with Crippen LogP contribution in [0.1, 0.15) is 12.0 Å². The number of amides is 1. The van der Waals surface area contributed by atoms with Crippen LogP contribution in [-0.4, -0.2) is 61.7 Å². The van der Waals surface area contributed by atoms with Gasteiger partial charge in [0.25, 0.3) is 11.5 Å². The predicted molar refractivity (Wildman–Crippen MR) is 135 cm³/mol. The molecular weight excluding hydrogens is 444 g/mol. The highest BCUT2D eigenvalue weighted by Crippen LogP contribution is 2.23. The minimum Gasteiger partial charge on any atom is -0.385 e. The van der Waals surface area contributed by atoms with Crippen molar-refractivity contribution in [1.29, 1.82) is 5.26 Å². The Balaban J connectivity index is 1.66. The van der Waals surface area contributed by atoms with Crippen molar-refractivity contribution in [2.75, 3.05) is 56.2 Å². The normalized spacial score (nSPS) is 14.1. The Morgan fingerprint density at radius 1 is 1.11 bits per heavy atom. The van der Waals surface area contributed by atoms with Crippen LogP contribution < -0.4 is 20.7 Å². The van der Waals surface area contributed by atoms with E-state index in [2.05, 4.69) is 22.3 Å². The third kappa shape index (κ3) is 5.50. The van der Waals surface area contributed by atoms with Crippen LogP contribution in [0.2, 0.25) is 0 Å². The van der Waals surface area contributed by atoms with Crippen molar-refractivity contribution >= 4 is 29.1 Å². The van der Waals surface area contributed by atoms with E-state index in [1.54, 1.807) is 25.4 Å². The molecular formula is C26H28N6O3. The highest BCUT2D eigenvalue weighted by Gasteiger charge is 2.23. The van der Waals surface area contributed by atoms with Crippen molar-refractivity contribution in [1.82, 2.24) is 14.7 Å². The van der Waals surface area contributed by atoms with Gasteiger partial charge in [0.15, 0.2) is 0 Å². The van der Waals surface area contributed by atoms with E-state index in [0.29, 0.717) is 44.1 Å². The molecule has 9 heteroatoms. The summed E-state index contributed by atoms with van der Waals surface area (Å²) in [6.45, 7) is 3.69. The molecule has 180 valence electrons. The quantitative estimate of drug-likeness (QED) is 0.304. The van der Waals surface area contributed by atoms with Gasteiger partial charge >= 0.3 is 0 Å². The summed E-state index contributed by atoms with van der Waals surface area (Å²) in [5.74, 6) is -0.0464. The van der Waals surface area contributed by atoms with E-state index in [0.717, 1.165) is 18.8 Å². The lowest BCUT2D eigenvalue weighted by atomic mass is 10.1. The molecule has 1 saturated heterocycles. The van der Waals surface area contributed by atoms with Crippen LogP contribution in [0.3, 0.4) is 0 Å². The molecule has 1 fully saturated rings. The number of nitrogens with one attached hydrogen (secondary N) is 1. The summed E-state index contributed by atoms with van der Waals surface area (Å²) >= 11 is 0. The van der Waals surface area contributed by atoms with Gasteiger partial charge in [0, 0.05) is 58.3 Å². The molecule has 3 heterocycles. The van der Waals surface area contributed by atoms with Crippen molar-refractivity contribution in [2.24, 2.45) is 0 Å². The molecule has 0 aliphatic carbocycles. The van der Waals surface area contributed by atoms with Gasteiger partial charge in [0.2, 0.25) is 0 Å². The van der Waals surface area contributed by atoms with Crippen LogP contribution in [0.25, 0.3) is 11.7 Å². The Kier molecular flexibility index (Phi) is 7.75. The van der Waals surface area contributed by atoms with Gasteiger partial charge in [0.05, 0.1) is 5.56 Å². The fourth-order valence-electron chi connectivity index (χ4n) is 4.08. The van der Waals surface area contributed by atoms with E-state index in [-0.39, 0.29) is 16.7 Å². The number of rotatable bonds is 8. The molecule has 3 aromatic rings. The third-order valence-electron chi connectivity index (χ3n) is 5.91. The first-order chi connectivity index (χ1) is 17.1. The molecule has 4 rings (SSSR count). The standard InChI is InChI=1S/C26H28N6O3/c1-35-17-7-11-28-25(33)20(19-27)18-22-24(29-23-10-5-6-12-32(23)26(22)34)31-15-13-30(14-16-31)21-8-3-2-4-9-21/h2-6,8-10,12,18H,7,11,13-17H2,1H3,(H,28,33)/b20-18+. The Morgan fingerprint density at radius 2 is 1.83 bits per heavy atom. The second-order valence-corrected chi connectivity index (χ2v) is 8.16. The van der Waals surface area contributed by atoms with Crippen molar-refractivity contribution in [3.8, 4) is 6.07 Å². The summed E-state index contributed by atoms with van der Waals surface area (Å²) < 4.78 is 6.42. The van der Waals surface area contributed by atoms with E-state index in [1.165, 1.54) is 10.5 Å². The largest absolute Gasteiger partial charge is 0.385 e. The number of nitriles is 1. The zero-order valence-corrected chi connectivity index (χ0v) is 19.7. The monoisotopic (exact) mass is 472 g/mol. The van der Waals surface area contributed by atoms with Crippen molar-refractivity contribution in [2.45, 2.75) is 6.42 Å². The third-order valence-corrected chi connectivity index (χ3v) is 5.91. The molecule has 1 aromatic carbocycles. The second-order valence-electron chi connectivity index (χ2n) is 8.16. The zero-order chi connectivity index (χ0) is 24.6. The number of para-hydroxylation sites is 1. The molecule has 0 saturated carbocycles. The average Bonchev–Trinajstić information content (AvgIpc) is 2.91. The van der Waals surface area contributed by atoms with Gasteiger partial charge < -0.3 is 19.9 Å². The summed E-state index contributed by atoms with van der Waals surface area (Å²) in [6.07, 6.45) is 3.62. The maximum absolute atomic E-state index is 13.4. The smallest absolute Gasteiger partial charge is 0.267 e. The van der Waals surface area contributed by atoms with Gasteiger partial charge in [-0.3, -0.25) is 14.0 Å². The van der Waals surface area contributed by atoms with Crippen molar-refractivity contribution in [3.05, 3.63) is 76.2 Å². The molecule has 0 atom stereocenters. The number of nitrogens with zero attached hydrogens (tertiary/aromatic N) is 5. The fourth-order valence-corrected chi connectivity index (χ4v) is 4.08. The molecule has 1 aliphatic heterocycles. The minimum atomic E-state index is -0.527. The van der Waals surface area contributed by atoms with E-state index in [4.69, 9.17) is 9.72 Å². The molecule has 2 aromatic heterocycles. The number of pyridine rings is 1. The minimum absolute atomic E-state index is 0.138. The summed E-state index contributed by atoms with van der Waals surface area (Å²) in [5, 5.41) is 12.4. The lowest BCUT2D eigenvalue weighted by Gasteiger charge is -2.37. The van der Waals surface area contributed by atoms with Gasteiger partial charge in [-0.25, -0.2) is 4.98 Å². The lowest BCUT2D eigenvalue weighted by molar-refractivity contribution is -0.117. The zero-order valence-electron chi connectivity index (χ0n) is 19.7. The van der Waals surface area contributed by atoms with Gasteiger partial charge in [-0.15, -0.1) is 0 Å². The highest BCUT2D eigenvalue weighted by molar-refractivity contribution is 6.02. The van der Waals surface area contributed by atoms with Crippen LogP contribution in [0.4, 0.5) is 11.5 Å². The Labute approximate surface area is 203 Å². The molecule has 1 amide bonds. The summed E-state index contributed by atoms with van der Waals surface area (Å²) in [5.41, 5.74) is 1.43. The van der Waals surface area contributed by atoms with Crippen molar-refractivity contribution < 1.29 is 9.53 Å². The predicted octanol–water partition coefficient (Wildman–Crippen LogP) is 2.08. The SMILES string of the molecule is COCCCNC(=O)/C(C#N)=C/c1c(N2CCN(c3ccccc3)CC2)nc2ccccn2c1=O. The number of aromatic nitrogens is 2. The van der Waals surface area contributed by atoms with E-state index in [9.17, 15) is 14.9 Å². The molecule has 35 heavy (non-hydrogen) atoms. The van der Waals surface area contributed by atoms with Crippen LogP contribution in [-0.2, 0) is 9.53 Å². The van der Waals surface area contributed by atoms with Gasteiger partial charge in [-0.2, -0.15) is 5.26 Å². The van der Waals surface area contributed by atoms with E-state index in [1.807, 2.05) is 35.2 Å².